The zero-order chi connectivity index (χ0) is 17.9. The fraction of sp³-hybridized carbons (Fsp3) is 0.0556. The molecule has 0 aliphatic rings. The van der Waals surface area contributed by atoms with E-state index in [0.29, 0.717) is 22.1 Å². The van der Waals surface area contributed by atoms with Crippen LogP contribution in [0, 0.1) is 0 Å². The molecule has 0 bridgehead atoms. The number of fused-ring (bicyclic) bond motifs is 1. The summed E-state index contributed by atoms with van der Waals surface area (Å²) in [4.78, 5) is 11.9. The Morgan fingerprint density at radius 1 is 1.08 bits per heavy atom. The van der Waals surface area contributed by atoms with E-state index < -0.39 is 5.91 Å². The van der Waals surface area contributed by atoms with Crippen molar-refractivity contribution in [3.63, 3.8) is 0 Å². The lowest BCUT2D eigenvalue weighted by molar-refractivity contribution is -0.118. The van der Waals surface area contributed by atoms with Crippen molar-refractivity contribution < 1.29 is 18.4 Å². The van der Waals surface area contributed by atoms with Gasteiger partial charge in [-0.15, -0.1) is 5.10 Å². The standard InChI is InChI=1S/C18H12ClN3O4/c19-12-5-7-13(8-6-12)24-10-16(23)20-18-22-21-17(26-18)15-9-11-3-1-2-4-14(11)25-15/h1-9H,10H2,(H,20,22,23). The lowest BCUT2D eigenvalue weighted by Gasteiger charge is -2.04. The maximum absolute atomic E-state index is 11.9. The second-order valence-corrected chi connectivity index (χ2v) is 5.79. The molecule has 7 nitrogen and oxygen atoms in total. The number of anilines is 1. The van der Waals surface area contributed by atoms with Crippen LogP contribution in [0.4, 0.5) is 6.01 Å². The number of hydrogen-bond acceptors (Lipinski definition) is 6. The van der Waals surface area contributed by atoms with E-state index in [9.17, 15) is 4.79 Å². The fourth-order valence-electron chi connectivity index (χ4n) is 2.30. The van der Waals surface area contributed by atoms with E-state index in [2.05, 4.69) is 15.5 Å². The van der Waals surface area contributed by atoms with E-state index >= 15 is 0 Å². The van der Waals surface area contributed by atoms with Crippen LogP contribution in [0.1, 0.15) is 0 Å². The van der Waals surface area contributed by atoms with Crippen molar-refractivity contribution in [3.8, 4) is 17.4 Å². The summed E-state index contributed by atoms with van der Waals surface area (Å²) in [5.41, 5.74) is 0.711. The minimum Gasteiger partial charge on any atom is -0.484 e. The Morgan fingerprint density at radius 3 is 2.69 bits per heavy atom. The number of benzene rings is 2. The Balaban J connectivity index is 1.39. The predicted molar refractivity (Wildman–Crippen MR) is 95.1 cm³/mol. The summed E-state index contributed by atoms with van der Waals surface area (Å²) in [5, 5.41) is 11.7. The second kappa shape index (κ2) is 6.89. The van der Waals surface area contributed by atoms with Crippen LogP contribution in [-0.2, 0) is 4.79 Å². The Hall–Kier alpha value is -3.32. The van der Waals surface area contributed by atoms with Crippen LogP contribution in [0.25, 0.3) is 22.6 Å². The monoisotopic (exact) mass is 369 g/mol. The number of nitrogens with one attached hydrogen (secondary N) is 1. The number of para-hydroxylation sites is 1. The van der Waals surface area contributed by atoms with E-state index in [1.54, 1.807) is 30.3 Å². The van der Waals surface area contributed by atoms with Gasteiger partial charge in [0.05, 0.1) is 0 Å². The highest BCUT2D eigenvalue weighted by Gasteiger charge is 2.15. The number of amides is 1. The molecular formula is C18H12ClN3O4. The lowest BCUT2D eigenvalue weighted by Crippen LogP contribution is -2.20. The van der Waals surface area contributed by atoms with Gasteiger partial charge in [0.25, 0.3) is 11.8 Å². The Morgan fingerprint density at radius 2 is 1.88 bits per heavy atom. The number of furan rings is 1. The van der Waals surface area contributed by atoms with Crippen molar-refractivity contribution in [2.75, 3.05) is 11.9 Å². The number of halogens is 1. The van der Waals surface area contributed by atoms with Gasteiger partial charge in [0, 0.05) is 10.4 Å². The summed E-state index contributed by atoms with van der Waals surface area (Å²) >= 11 is 5.79. The van der Waals surface area contributed by atoms with E-state index in [4.69, 9.17) is 25.2 Å². The normalized spacial score (nSPS) is 10.8. The summed E-state index contributed by atoms with van der Waals surface area (Å²) < 4.78 is 16.4. The third-order valence-corrected chi connectivity index (χ3v) is 3.74. The largest absolute Gasteiger partial charge is 0.484 e. The van der Waals surface area contributed by atoms with Gasteiger partial charge in [-0.3, -0.25) is 10.1 Å². The molecule has 0 fully saturated rings. The number of nitrogens with zero attached hydrogens (tertiary/aromatic N) is 2. The fourth-order valence-corrected chi connectivity index (χ4v) is 2.42. The van der Waals surface area contributed by atoms with Crippen molar-refractivity contribution >= 4 is 34.5 Å². The molecule has 4 rings (SSSR count). The molecule has 0 saturated carbocycles. The van der Waals surface area contributed by atoms with Crippen molar-refractivity contribution in [3.05, 3.63) is 59.6 Å². The van der Waals surface area contributed by atoms with E-state index in [1.807, 2.05) is 24.3 Å². The molecule has 26 heavy (non-hydrogen) atoms. The predicted octanol–water partition coefficient (Wildman–Crippen LogP) is 4.15. The van der Waals surface area contributed by atoms with Crippen molar-refractivity contribution in [2.24, 2.45) is 0 Å². The minimum atomic E-state index is -0.431. The van der Waals surface area contributed by atoms with Crippen LogP contribution < -0.4 is 10.1 Å². The molecule has 2 heterocycles. The molecule has 4 aromatic rings. The highest BCUT2D eigenvalue weighted by Crippen LogP contribution is 2.27. The molecule has 0 aliphatic carbocycles. The third-order valence-electron chi connectivity index (χ3n) is 3.49. The number of hydrogen-bond donors (Lipinski definition) is 1. The van der Waals surface area contributed by atoms with Gasteiger partial charge in [-0.25, -0.2) is 0 Å². The first-order valence-electron chi connectivity index (χ1n) is 7.68. The quantitative estimate of drug-likeness (QED) is 0.568. The van der Waals surface area contributed by atoms with E-state index in [1.165, 1.54) is 0 Å². The number of aromatic nitrogens is 2. The molecule has 130 valence electrons. The smallest absolute Gasteiger partial charge is 0.322 e. The number of rotatable bonds is 5. The average Bonchev–Trinajstić information content (AvgIpc) is 3.27. The summed E-state index contributed by atoms with van der Waals surface area (Å²) in [7, 11) is 0. The molecule has 2 aromatic carbocycles. The van der Waals surface area contributed by atoms with Gasteiger partial charge in [0.1, 0.15) is 11.3 Å². The van der Waals surface area contributed by atoms with Crippen LogP contribution in [0.3, 0.4) is 0 Å². The van der Waals surface area contributed by atoms with Crippen molar-refractivity contribution in [1.29, 1.82) is 0 Å². The summed E-state index contributed by atoms with van der Waals surface area (Å²) in [5.74, 6) is 0.699. The Labute approximate surface area is 152 Å². The van der Waals surface area contributed by atoms with Gasteiger partial charge >= 0.3 is 6.01 Å². The molecule has 0 spiro atoms. The van der Waals surface area contributed by atoms with Gasteiger partial charge < -0.3 is 13.6 Å². The van der Waals surface area contributed by atoms with Crippen molar-refractivity contribution in [2.45, 2.75) is 0 Å². The molecule has 8 heteroatoms. The summed E-state index contributed by atoms with van der Waals surface area (Å²) in [6.45, 7) is -0.204. The summed E-state index contributed by atoms with van der Waals surface area (Å²) in [6, 6.07) is 16.0. The molecule has 0 unspecified atom stereocenters. The first kappa shape index (κ1) is 16.2. The zero-order valence-electron chi connectivity index (χ0n) is 13.3. The number of carbonyl (C=O) groups excluding carboxylic acids is 1. The lowest BCUT2D eigenvalue weighted by atomic mass is 10.2. The van der Waals surface area contributed by atoms with Gasteiger partial charge in [-0.05, 0) is 36.4 Å². The molecule has 0 saturated heterocycles. The minimum absolute atomic E-state index is 0.0369. The maximum Gasteiger partial charge on any atom is 0.322 e. The van der Waals surface area contributed by atoms with Crippen LogP contribution in [0.2, 0.25) is 5.02 Å². The molecule has 0 aliphatic heterocycles. The first-order valence-corrected chi connectivity index (χ1v) is 8.06. The molecule has 2 aromatic heterocycles. The summed E-state index contributed by atoms with van der Waals surface area (Å²) in [6.07, 6.45) is 0. The van der Waals surface area contributed by atoms with E-state index in [-0.39, 0.29) is 18.5 Å². The zero-order valence-corrected chi connectivity index (χ0v) is 14.1. The molecule has 0 radical (unpaired) electrons. The van der Waals surface area contributed by atoms with Gasteiger partial charge in [0.2, 0.25) is 0 Å². The highest BCUT2D eigenvalue weighted by atomic mass is 35.5. The molecule has 1 amide bonds. The number of carbonyl (C=O) groups is 1. The molecule has 1 N–H and O–H groups in total. The Bertz CT molecular complexity index is 1020. The van der Waals surface area contributed by atoms with Crippen LogP contribution in [-0.4, -0.2) is 22.7 Å². The van der Waals surface area contributed by atoms with Crippen molar-refractivity contribution in [1.82, 2.24) is 10.2 Å². The second-order valence-electron chi connectivity index (χ2n) is 5.35. The maximum atomic E-state index is 11.9. The number of ether oxygens (including phenoxy) is 1. The van der Waals surface area contributed by atoms with Gasteiger partial charge in [0.15, 0.2) is 12.4 Å². The van der Waals surface area contributed by atoms with Gasteiger partial charge in [-0.2, -0.15) is 0 Å². The third kappa shape index (κ3) is 3.52. The average molecular weight is 370 g/mol. The van der Waals surface area contributed by atoms with Crippen LogP contribution in [0.15, 0.2) is 63.4 Å². The highest BCUT2D eigenvalue weighted by molar-refractivity contribution is 6.30. The van der Waals surface area contributed by atoms with Gasteiger partial charge in [-0.1, -0.05) is 34.9 Å². The van der Waals surface area contributed by atoms with Crippen LogP contribution >= 0.6 is 11.6 Å². The first-order chi connectivity index (χ1) is 12.7. The van der Waals surface area contributed by atoms with Crippen LogP contribution in [0.5, 0.6) is 5.75 Å². The van der Waals surface area contributed by atoms with E-state index in [0.717, 1.165) is 5.39 Å². The SMILES string of the molecule is O=C(COc1ccc(Cl)cc1)Nc1nnc(-c2cc3ccccc3o2)o1. The molecule has 0 atom stereocenters. The molecular weight excluding hydrogens is 358 g/mol. The topological polar surface area (TPSA) is 90.4 Å². The Kier molecular flexibility index (Phi) is 4.28.